The Kier molecular flexibility index (Phi) is 3.43. The Balaban J connectivity index is 2.47. The smallest absolute Gasteiger partial charge is 0.207 e. The maximum absolute atomic E-state index is 13.6. The molecule has 0 saturated heterocycles. The summed E-state index contributed by atoms with van der Waals surface area (Å²) in [5.41, 5.74) is 0.648. The molecule has 1 N–H and O–H groups in total. The van der Waals surface area contributed by atoms with Gasteiger partial charge >= 0.3 is 0 Å². The second-order valence-corrected chi connectivity index (χ2v) is 3.56. The van der Waals surface area contributed by atoms with Crippen molar-refractivity contribution in [2.45, 2.75) is 0 Å². The molecule has 2 rings (SSSR count). The molecule has 3 nitrogen and oxygen atoms in total. The summed E-state index contributed by atoms with van der Waals surface area (Å²) in [4.78, 5) is 9.15. The van der Waals surface area contributed by atoms with Gasteiger partial charge in [0.2, 0.25) is 5.75 Å². The average molecular weight is 252 g/mol. The van der Waals surface area contributed by atoms with E-state index in [4.69, 9.17) is 4.89 Å². The molecule has 0 saturated carbocycles. The number of phenolic OH excluding ortho intramolecular Hbond substituents is 1. The molecule has 5 heteroatoms. The largest absolute Gasteiger partial charge is 0.504 e. The van der Waals surface area contributed by atoms with E-state index < -0.39 is 11.6 Å². The van der Waals surface area contributed by atoms with E-state index in [9.17, 15) is 13.9 Å². The van der Waals surface area contributed by atoms with Gasteiger partial charge in [0.1, 0.15) is 11.6 Å². The lowest BCUT2D eigenvalue weighted by atomic mass is 10.0. The molecule has 18 heavy (non-hydrogen) atoms. The lowest BCUT2D eigenvalue weighted by molar-refractivity contribution is -0.179. The highest BCUT2D eigenvalue weighted by molar-refractivity contribution is 5.67. The highest BCUT2D eigenvalue weighted by Crippen LogP contribution is 2.32. The topological polar surface area (TPSA) is 38.7 Å². The van der Waals surface area contributed by atoms with Gasteiger partial charge in [0.25, 0.3) is 0 Å². The van der Waals surface area contributed by atoms with Crippen LogP contribution in [0.3, 0.4) is 0 Å². The summed E-state index contributed by atoms with van der Waals surface area (Å²) in [7, 11) is 1.28. The summed E-state index contributed by atoms with van der Waals surface area (Å²) in [6, 6.07) is 7.49. The molecule has 0 amide bonds. The second kappa shape index (κ2) is 5.01. The molecule has 0 aliphatic rings. The normalized spacial score (nSPS) is 10.4. The van der Waals surface area contributed by atoms with E-state index in [0.717, 1.165) is 12.1 Å². The standard InChI is InChI=1S/C13H10F2O3/c1-17-18-13-6-8(2-5-12(13)16)10-4-3-9(14)7-11(10)15/h2-7,16H,1H3. The lowest BCUT2D eigenvalue weighted by Gasteiger charge is -2.08. The van der Waals surface area contributed by atoms with E-state index in [1.54, 1.807) is 0 Å². The predicted molar refractivity (Wildman–Crippen MR) is 61.1 cm³/mol. The molecule has 0 aliphatic carbocycles. The van der Waals surface area contributed by atoms with Crippen LogP contribution in [0.5, 0.6) is 11.5 Å². The summed E-state index contributed by atoms with van der Waals surface area (Å²) in [6.07, 6.45) is 0. The van der Waals surface area contributed by atoms with Crippen molar-refractivity contribution >= 4 is 0 Å². The fraction of sp³-hybridized carbons (Fsp3) is 0.0769. The monoisotopic (exact) mass is 252 g/mol. The first kappa shape index (κ1) is 12.3. The van der Waals surface area contributed by atoms with Crippen LogP contribution in [0.1, 0.15) is 0 Å². The lowest BCUT2D eigenvalue weighted by Crippen LogP contribution is -1.92. The molecule has 94 valence electrons. The Hall–Kier alpha value is -2.14. The summed E-state index contributed by atoms with van der Waals surface area (Å²) >= 11 is 0. The first-order valence-electron chi connectivity index (χ1n) is 5.11. The molecule has 2 aromatic rings. The first-order valence-corrected chi connectivity index (χ1v) is 5.11. The number of hydrogen-bond acceptors (Lipinski definition) is 3. The molecule has 0 fully saturated rings. The summed E-state index contributed by atoms with van der Waals surface area (Å²) < 4.78 is 26.4. The fourth-order valence-electron chi connectivity index (χ4n) is 1.56. The van der Waals surface area contributed by atoms with Crippen LogP contribution in [-0.4, -0.2) is 12.2 Å². The molecular formula is C13H10F2O3. The van der Waals surface area contributed by atoms with Gasteiger partial charge in [0.15, 0.2) is 5.75 Å². The van der Waals surface area contributed by atoms with Crippen molar-refractivity contribution in [3.05, 3.63) is 48.0 Å². The minimum atomic E-state index is -0.691. The Morgan fingerprint density at radius 3 is 2.50 bits per heavy atom. The molecule has 0 unspecified atom stereocenters. The van der Waals surface area contributed by atoms with Gasteiger partial charge < -0.3 is 9.99 Å². The van der Waals surface area contributed by atoms with Gasteiger partial charge in [-0.15, -0.1) is 0 Å². The van der Waals surface area contributed by atoms with E-state index in [0.29, 0.717) is 5.56 Å². The van der Waals surface area contributed by atoms with Crippen LogP contribution in [0.15, 0.2) is 36.4 Å². The van der Waals surface area contributed by atoms with Crippen LogP contribution < -0.4 is 4.89 Å². The van der Waals surface area contributed by atoms with Crippen LogP contribution in [0.4, 0.5) is 8.78 Å². The average Bonchev–Trinajstić information content (AvgIpc) is 2.33. The highest BCUT2D eigenvalue weighted by Gasteiger charge is 2.10. The third-order valence-corrected chi connectivity index (χ3v) is 2.38. The van der Waals surface area contributed by atoms with E-state index in [2.05, 4.69) is 4.89 Å². The Morgan fingerprint density at radius 2 is 1.83 bits per heavy atom. The van der Waals surface area contributed by atoms with Crippen LogP contribution in [-0.2, 0) is 4.89 Å². The van der Waals surface area contributed by atoms with Crippen molar-refractivity contribution in [3.8, 4) is 22.6 Å². The molecule has 0 bridgehead atoms. The van der Waals surface area contributed by atoms with Gasteiger partial charge in [-0.25, -0.2) is 8.78 Å². The van der Waals surface area contributed by atoms with Crippen molar-refractivity contribution in [1.82, 2.24) is 0 Å². The maximum Gasteiger partial charge on any atom is 0.207 e. The molecule has 0 heterocycles. The number of rotatable bonds is 3. The summed E-state index contributed by atoms with van der Waals surface area (Å²) in [5, 5.41) is 9.47. The van der Waals surface area contributed by atoms with Crippen molar-refractivity contribution in [3.63, 3.8) is 0 Å². The van der Waals surface area contributed by atoms with Crippen molar-refractivity contribution < 1.29 is 23.7 Å². The molecule has 0 aromatic heterocycles. The molecular weight excluding hydrogens is 242 g/mol. The number of phenols is 1. The zero-order valence-electron chi connectivity index (χ0n) is 9.48. The van der Waals surface area contributed by atoms with Crippen molar-refractivity contribution in [1.29, 1.82) is 0 Å². The Labute approximate surface area is 102 Å². The van der Waals surface area contributed by atoms with Gasteiger partial charge in [-0.1, -0.05) is 6.07 Å². The SMILES string of the molecule is COOc1cc(-c2ccc(F)cc2F)ccc1O. The predicted octanol–water partition coefficient (Wildman–Crippen LogP) is 3.28. The molecule has 2 aromatic carbocycles. The van der Waals surface area contributed by atoms with Gasteiger partial charge in [-0.05, 0) is 29.8 Å². The minimum absolute atomic E-state index is 0.0544. The maximum atomic E-state index is 13.6. The zero-order valence-corrected chi connectivity index (χ0v) is 9.48. The van der Waals surface area contributed by atoms with E-state index >= 15 is 0 Å². The molecule has 0 atom stereocenters. The number of hydrogen-bond donors (Lipinski definition) is 1. The zero-order chi connectivity index (χ0) is 13.1. The van der Waals surface area contributed by atoms with Crippen molar-refractivity contribution in [2.75, 3.05) is 7.11 Å². The van der Waals surface area contributed by atoms with Gasteiger partial charge in [-0.3, -0.25) is 0 Å². The quantitative estimate of drug-likeness (QED) is 0.673. The van der Waals surface area contributed by atoms with Crippen molar-refractivity contribution in [2.24, 2.45) is 0 Å². The number of halogens is 2. The first-order chi connectivity index (χ1) is 8.61. The van der Waals surface area contributed by atoms with Crippen LogP contribution in [0, 0.1) is 11.6 Å². The van der Waals surface area contributed by atoms with E-state index in [1.807, 2.05) is 0 Å². The molecule has 0 aliphatic heterocycles. The number of aromatic hydroxyl groups is 1. The fourth-order valence-corrected chi connectivity index (χ4v) is 1.56. The highest BCUT2D eigenvalue weighted by atomic mass is 19.1. The van der Waals surface area contributed by atoms with Gasteiger partial charge in [0, 0.05) is 11.6 Å². The van der Waals surface area contributed by atoms with Crippen LogP contribution in [0.2, 0.25) is 0 Å². The van der Waals surface area contributed by atoms with E-state index in [-0.39, 0.29) is 17.1 Å². The van der Waals surface area contributed by atoms with Crippen LogP contribution in [0.25, 0.3) is 11.1 Å². The van der Waals surface area contributed by atoms with Gasteiger partial charge in [0.05, 0.1) is 7.11 Å². The summed E-state index contributed by atoms with van der Waals surface area (Å²) in [6.45, 7) is 0. The Morgan fingerprint density at radius 1 is 1.06 bits per heavy atom. The third kappa shape index (κ3) is 2.41. The van der Waals surface area contributed by atoms with Crippen LogP contribution >= 0.6 is 0 Å². The molecule has 0 spiro atoms. The minimum Gasteiger partial charge on any atom is -0.504 e. The van der Waals surface area contributed by atoms with Gasteiger partial charge in [-0.2, -0.15) is 4.89 Å². The summed E-state index contributed by atoms with van der Waals surface area (Å²) in [5.74, 6) is -1.42. The number of benzene rings is 2. The van der Waals surface area contributed by atoms with E-state index in [1.165, 1.54) is 31.4 Å². The Bertz CT molecular complexity index is 570. The third-order valence-electron chi connectivity index (χ3n) is 2.38. The second-order valence-electron chi connectivity index (χ2n) is 3.56. The molecule has 0 radical (unpaired) electrons.